The highest BCUT2D eigenvalue weighted by Crippen LogP contribution is 2.33. The summed E-state index contributed by atoms with van der Waals surface area (Å²) in [6.45, 7) is 0. The highest BCUT2D eigenvalue weighted by molar-refractivity contribution is 6.31. The van der Waals surface area contributed by atoms with E-state index < -0.39 is 17.9 Å². The van der Waals surface area contributed by atoms with Crippen molar-refractivity contribution in [3.8, 4) is 0 Å². The normalized spacial score (nSPS) is 13.6. The number of rotatable bonds is 3. The molecular weight excluding hydrogens is 228 g/mol. The van der Waals surface area contributed by atoms with Crippen LogP contribution < -0.4 is 5.73 Å². The second kappa shape index (κ2) is 4.12. The van der Waals surface area contributed by atoms with Crippen molar-refractivity contribution in [3.63, 3.8) is 0 Å². The minimum Gasteiger partial charge on any atom is -0.477 e. The summed E-state index contributed by atoms with van der Waals surface area (Å²) >= 11 is 5.62. The van der Waals surface area contributed by atoms with Gasteiger partial charge in [-0.2, -0.15) is 8.78 Å². The lowest BCUT2D eigenvalue weighted by molar-refractivity contribution is -0.168. The number of hydrogen-bond donors (Lipinski definition) is 2. The molecule has 0 aliphatic heterocycles. The fraction of sp³-hybridized carbons (Fsp3) is 0.222. The summed E-state index contributed by atoms with van der Waals surface area (Å²) < 4.78 is 26.0. The molecule has 1 aromatic rings. The zero-order valence-electron chi connectivity index (χ0n) is 7.45. The minimum absolute atomic E-state index is 0.0194. The lowest BCUT2D eigenvalue weighted by Gasteiger charge is -2.20. The number of carboxylic acids is 1. The van der Waals surface area contributed by atoms with Crippen LogP contribution in [0.15, 0.2) is 24.3 Å². The molecule has 0 saturated carbocycles. The van der Waals surface area contributed by atoms with Gasteiger partial charge in [-0.3, -0.25) is 0 Å². The number of carbonyl (C=O) groups is 1. The van der Waals surface area contributed by atoms with Crippen molar-refractivity contribution in [3.05, 3.63) is 34.9 Å². The predicted octanol–water partition coefficient (Wildman–Crippen LogP) is 2.06. The Balaban J connectivity index is 3.10. The van der Waals surface area contributed by atoms with Crippen LogP contribution in [0.3, 0.4) is 0 Å². The molecule has 0 saturated heterocycles. The first kappa shape index (κ1) is 11.9. The van der Waals surface area contributed by atoms with Gasteiger partial charge in [0.15, 0.2) is 0 Å². The van der Waals surface area contributed by atoms with E-state index in [-0.39, 0.29) is 10.6 Å². The van der Waals surface area contributed by atoms with E-state index in [2.05, 4.69) is 0 Å². The molecule has 0 bridgehead atoms. The number of hydrogen-bond acceptors (Lipinski definition) is 2. The van der Waals surface area contributed by atoms with Gasteiger partial charge in [-0.05, 0) is 11.6 Å². The van der Waals surface area contributed by atoms with Crippen LogP contribution >= 0.6 is 11.6 Å². The maximum absolute atomic E-state index is 13.0. The lowest BCUT2D eigenvalue weighted by atomic mass is 10.0. The van der Waals surface area contributed by atoms with Crippen molar-refractivity contribution >= 4 is 17.6 Å². The summed E-state index contributed by atoms with van der Waals surface area (Å²) in [4.78, 5) is 10.3. The van der Waals surface area contributed by atoms with Crippen molar-refractivity contribution in [2.24, 2.45) is 5.73 Å². The lowest BCUT2D eigenvalue weighted by Crippen LogP contribution is -2.40. The first-order chi connectivity index (χ1) is 6.87. The van der Waals surface area contributed by atoms with Crippen molar-refractivity contribution in [2.75, 3.05) is 0 Å². The Morgan fingerprint density at radius 1 is 1.47 bits per heavy atom. The molecule has 82 valence electrons. The molecule has 0 aliphatic rings. The zero-order chi connectivity index (χ0) is 11.6. The summed E-state index contributed by atoms with van der Waals surface area (Å²) in [6, 6.07) is 3.68. The summed E-state index contributed by atoms with van der Waals surface area (Å²) in [5, 5.41) is 8.31. The average Bonchev–Trinajstić information content (AvgIpc) is 2.17. The summed E-state index contributed by atoms with van der Waals surface area (Å²) in [7, 11) is 0. The highest BCUT2D eigenvalue weighted by atomic mass is 35.5. The van der Waals surface area contributed by atoms with E-state index in [1.165, 1.54) is 24.3 Å². The van der Waals surface area contributed by atoms with E-state index in [4.69, 9.17) is 22.4 Å². The fourth-order valence-electron chi connectivity index (χ4n) is 1.06. The van der Waals surface area contributed by atoms with Crippen LogP contribution in [0.25, 0.3) is 0 Å². The quantitative estimate of drug-likeness (QED) is 0.843. The van der Waals surface area contributed by atoms with E-state index in [1.54, 1.807) is 0 Å². The van der Waals surface area contributed by atoms with Gasteiger partial charge in [0.2, 0.25) is 0 Å². The van der Waals surface area contributed by atoms with Gasteiger partial charge in [0, 0.05) is 5.02 Å². The van der Waals surface area contributed by atoms with Gasteiger partial charge in [-0.1, -0.05) is 29.8 Å². The molecule has 1 atom stereocenters. The van der Waals surface area contributed by atoms with Crippen LogP contribution in [0.2, 0.25) is 5.02 Å². The Morgan fingerprint density at radius 2 is 2.00 bits per heavy atom. The van der Waals surface area contributed by atoms with Gasteiger partial charge in [0.25, 0.3) is 0 Å². The van der Waals surface area contributed by atoms with Crippen LogP contribution in [0.4, 0.5) is 8.78 Å². The number of carboxylic acid groups (broad SMARTS) is 1. The molecule has 3 nitrogen and oxygen atoms in total. The maximum Gasteiger partial charge on any atom is 0.376 e. The van der Waals surface area contributed by atoms with Gasteiger partial charge in [0.05, 0.1) is 0 Å². The fourth-order valence-corrected chi connectivity index (χ4v) is 1.31. The van der Waals surface area contributed by atoms with Crippen LogP contribution in [-0.4, -0.2) is 17.0 Å². The highest BCUT2D eigenvalue weighted by Gasteiger charge is 2.46. The Bertz CT molecular complexity index is 384. The summed E-state index contributed by atoms with van der Waals surface area (Å²) in [5.74, 6) is -6.31. The molecule has 0 fully saturated rings. The van der Waals surface area contributed by atoms with Crippen LogP contribution in [-0.2, 0) is 4.79 Å². The molecular formula is C9H8ClF2NO2. The smallest absolute Gasteiger partial charge is 0.376 e. The van der Waals surface area contributed by atoms with Gasteiger partial charge in [-0.25, -0.2) is 4.79 Å². The molecule has 3 N–H and O–H groups in total. The number of alkyl halides is 2. The van der Waals surface area contributed by atoms with Crippen molar-refractivity contribution in [2.45, 2.75) is 12.0 Å². The predicted molar refractivity (Wildman–Crippen MR) is 51.0 cm³/mol. The molecule has 0 radical (unpaired) electrons. The second-order valence-corrected chi connectivity index (χ2v) is 3.33. The average molecular weight is 236 g/mol. The SMILES string of the molecule is N[C@@H](c1ccccc1Cl)C(F)(F)C(=O)O. The molecule has 0 unspecified atom stereocenters. The van der Waals surface area contributed by atoms with E-state index >= 15 is 0 Å². The molecule has 1 aromatic carbocycles. The van der Waals surface area contributed by atoms with E-state index in [1.807, 2.05) is 0 Å². The molecule has 0 amide bonds. The summed E-state index contributed by atoms with van der Waals surface area (Å²) in [6.07, 6.45) is 0. The molecule has 6 heteroatoms. The zero-order valence-corrected chi connectivity index (χ0v) is 8.21. The van der Waals surface area contributed by atoms with Gasteiger partial charge >= 0.3 is 11.9 Å². The van der Waals surface area contributed by atoms with Crippen molar-refractivity contribution in [1.29, 1.82) is 0 Å². The van der Waals surface area contributed by atoms with Gasteiger partial charge in [-0.15, -0.1) is 0 Å². The first-order valence-electron chi connectivity index (χ1n) is 3.98. The topological polar surface area (TPSA) is 63.3 Å². The minimum atomic E-state index is -4.04. The molecule has 0 aliphatic carbocycles. The Morgan fingerprint density at radius 3 is 2.47 bits per heavy atom. The molecule has 0 spiro atoms. The second-order valence-electron chi connectivity index (χ2n) is 2.93. The Hall–Kier alpha value is -1.20. The van der Waals surface area contributed by atoms with Gasteiger partial charge in [0.1, 0.15) is 6.04 Å². The number of halogens is 3. The van der Waals surface area contributed by atoms with E-state index in [9.17, 15) is 13.6 Å². The number of aliphatic carboxylic acids is 1. The van der Waals surface area contributed by atoms with Gasteiger partial charge < -0.3 is 10.8 Å². The summed E-state index contributed by atoms with van der Waals surface area (Å²) in [5.41, 5.74) is 5.07. The number of benzene rings is 1. The largest absolute Gasteiger partial charge is 0.477 e. The van der Waals surface area contributed by atoms with Crippen molar-refractivity contribution in [1.82, 2.24) is 0 Å². The van der Waals surface area contributed by atoms with E-state index in [0.29, 0.717) is 0 Å². The molecule has 0 heterocycles. The monoisotopic (exact) mass is 235 g/mol. The number of nitrogens with two attached hydrogens (primary N) is 1. The third-order valence-corrected chi connectivity index (χ3v) is 2.26. The maximum atomic E-state index is 13.0. The first-order valence-corrected chi connectivity index (χ1v) is 4.36. The standard InChI is InChI=1S/C9H8ClF2NO2/c10-6-4-2-1-3-5(6)7(13)9(11,12)8(14)15/h1-4,7H,13H2,(H,14,15)/t7-/m0/s1. The van der Waals surface area contributed by atoms with Crippen LogP contribution in [0.5, 0.6) is 0 Å². The van der Waals surface area contributed by atoms with Crippen LogP contribution in [0.1, 0.15) is 11.6 Å². The molecule has 15 heavy (non-hydrogen) atoms. The molecule has 1 rings (SSSR count). The Kier molecular flexibility index (Phi) is 3.26. The third-order valence-electron chi connectivity index (χ3n) is 1.92. The third kappa shape index (κ3) is 2.24. The Labute approximate surface area is 89.5 Å². The van der Waals surface area contributed by atoms with Crippen molar-refractivity contribution < 1.29 is 18.7 Å². The van der Waals surface area contributed by atoms with Crippen LogP contribution in [0, 0.1) is 0 Å². The molecule has 0 aromatic heterocycles. The van der Waals surface area contributed by atoms with E-state index in [0.717, 1.165) is 0 Å².